The van der Waals surface area contributed by atoms with E-state index in [1.807, 2.05) is 13.0 Å². The minimum atomic E-state index is -3.75. The van der Waals surface area contributed by atoms with Gasteiger partial charge in [0.25, 0.3) is 0 Å². The summed E-state index contributed by atoms with van der Waals surface area (Å²) >= 11 is 0. The number of nitrogens with zero attached hydrogens (tertiary/aromatic N) is 2. The third-order valence-electron chi connectivity index (χ3n) is 4.67. The van der Waals surface area contributed by atoms with Crippen LogP contribution in [0.1, 0.15) is 13.3 Å². The molecule has 0 aromatic heterocycles. The Balaban J connectivity index is 1.91. The molecule has 0 saturated carbocycles. The SMILES string of the molecule is CCNC(=O)N1CC[C@@]2(C1)[C@@H](O)CN(c1ccccc1)S2(=O)=O. The molecule has 1 aromatic rings. The summed E-state index contributed by atoms with van der Waals surface area (Å²) in [5.74, 6) is 0. The van der Waals surface area contributed by atoms with Crippen LogP contribution in [-0.4, -0.2) is 61.5 Å². The van der Waals surface area contributed by atoms with Crippen LogP contribution in [0.15, 0.2) is 30.3 Å². The lowest BCUT2D eigenvalue weighted by molar-refractivity contribution is 0.144. The predicted octanol–water partition coefficient (Wildman–Crippen LogP) is 0.371. The predicted molar refractivity (Wildman–Crippen MR) is 86.7 cm³/mol. The molecule has 0 unspecified atom stereocenters. The van der Waals surface area contributed by atoms with E-state index < -0.39 is 20.9 Å². The number of nitrogens with one attached hydrogen (secondary N) is 1. The molecule has 1 spiro atoms. The van der Waals surface area contributed by atoms with Crippen LogP contribution in [0.4, 0.5) is 10.5 Å². The number of hydrogen-bond acceptors (Lipinski definition) is 4. The number of hydrogen-bond donors (Lipinski definition) is 2. The molecule has 0 radical (unpaired) electrons. The molecule has 2 amide bonds. The van der Waals surface area contributed by atoms with Gasteiger partial charge in [-0.15, -0.1) is 0 Å². The van der Waals surface area contributed by atoms with Crippen molar-refractivity contribution in [3.8, 4) is 0 Å². The van der Waals surface area contributed by atoms with Crippen LogP contribution < -0.4 is 9.62 Å². The Hall–Kier alpha value is -1.80. The Kier molecular flexibility index (Phi) is 3.97. The molecule has 2 aliphatic heterocycles. The summed E-state index contributed by atoms with van der Waals surface area (Å²) in [7, 11) is -3.75. The van der Waals surface area contributed by atoms with E-state index in [0.717, 1.165) is 0 Å². The van der Waals surface area contributed by atoms with Crippen LogP contribution in [0.3, 0.4) is 0 Å². The van der Waals surface area contributed by atoms with Crippen molar-refractivity contribution < 1.29 is 18.3 Å². The Morgan fingerprint density at radius 3 is 2.74 bits per heavy atom. The fourth-order valence-corrected chi connectivity index (χ4v) is 5.64. The van der Waals surface area contributed by atoms with E-state index in [4.69, 9.17) is 0 Å². The van der Waals surface area contributed by atoms with Gasteiger partial charge in [0.2, 0.25) is 10.0 Å². The summed E-state index contributed by atoms with van der Waals surface area (Å²) < 4.78 is 26.1. The molecule has 0 bridgehead atoms. The number of sulfonamides is 1. The van der Waals surface area contributed by atoms with Gasteiger partial charge in [-0.05, 0) is 25.5 Å². The van der Waals surface area contributed by atoms with Gasteiger partial charge in [0.1, 0.15) is 4.75 Å². The van der Waals surface area contributed by atoms with Crippen LogP contribution in [0.5, 0.6) is 0 Å². The average Bonchev–Trinajstić information content (AvgIpc) is 3.07. The summed E-state index contributed by atoms with van der Waals surface area (Å²) in [6, 6.07) is 8.46. The highest BCUT2D eigenvalue weighted by atomic mass is 32.2. The highest BCUT2D eigenvalue weighted by molar-refractivity contribution is 7.94. The number of para-hydroxylation sites is 1. The molecule has 7 nitrogen and oxygen atoms in total. The van der Waals surface area contributed by atoms with Gasteiger partial charge in [-0.2, -0.15) is 0 Å². The Labute approximate surface area is 135 Å². The lowest BCUT2D eigenvalue weighted by Crippen LogP contribution is -2.49. The number of anilines is 1. The number of β-amino-alcohol motifs (C(OH)–C–C–N with tert-alkyl or cyclic N) is 1. The lowest BCUT2D eigenvalue weighted by Gasteiger charge is -2.27. The molecule has 1 aromatic carbocycles. The fourth-order valence-electron chi connectivity index (χ4n) is 3.38. The molecule has 3 rings (SSSR count). The van der Waals surface area contributed by atoms with Crippen molar-refractivity contribution >= 4 is 21.7 Å². The third kappa shape index (κ3) is 2.36. The zero-order valence-electron chi connectivity index (χ0n) is 13.0. The second-order valence-corrected chi connectivity index (χ2v) is 8.16. The van der Waals surface area contributed by atoms with Gasteiger partial charge in [-0.1, -0.05) is 18.2 Å². The fraction of sp³-hybridized carbons (Fsp3) is 0.533. The van der Waals surface area contributed by atoms with E-state index in [1.165, 1.54) is 9.21 Å². The summed E-state index contributed by atoms with van der Waals surface area (Å²) in [4.78, 5) is 13.5. The lowest BCUT2D eigenvalue weighted by atomic mass is 10.0. The van der Waals surface area contributed by atoms with Crippen molar-refractivity contribution in [3.05, 3.63) is 30.3 Å². The van der Waals surface area contributed by atoms with Gasteiger partial charge in [-0.3, -0.25) is 4.31 Å². The van der Waals surface area contributed by atoms with Crippen molar-refractivity contribution in [2.24, 2.45) is 0 Å². The van der Waals surface area contributed by atoms with E-state index in [-0.39, 0.29) is 25.5 Å². The number of carbonyl (C=O) groups is 1. The van der Waals surface area contributed by atoms with Gasteiger partial charge in [0.05, 0.1) is 18.3 Å². The Morgan fingerprint density at radius 1 is 1.39 bits per heavy atom. The Morgan fingerprint density at radius 2 is 2.09 bits per heavy atom. The normalized spacial score (nSPS) is 29.2. The highest BCUT2D eigenvalue weighted by Crippen LogP contribution is 2.42. The summed E-state index contributed by atoms with van der Waals surface area (Å²) in [6.07, 6.45) is -0.774. The first-order valence-corrected chi connectivity index (χ1v) is 9.14. The number of aliphatic hydroxyl groups excluding tert-OH is 1. The number of likely N-dealkylation sites (tertiary alicyclic amines) is 1. The highest BCUT2D eigenvalue weighted by Gasteiger charge is 2.62. The van der Waals surface area contributed by atoms with E-state index in [2.05, 4.69) is 5.32 Å². The molecule has 2 atom stereocenters. The smallest absolute Gasteiger partial charge is 0.317 e. The second kappa shape index (κ2) is 5.68. The van der Waals surface area contributed by atoms with E-state index in [9.17, 15) is 18.3 Å². The quantitative estimate of drug-likeness (QED) is 0.815. The van der Waals surface area contributed by atoms with Gasteiger partial charge in [0.15, 0.2) is 0 Å². The van der Waals surface area contributed by atoms with E-state index >= 15 is 0 Å². The van der Waals surface area contributed by atoms with Gasteiger partial charge >= 0.3 is 6.03 Å². The first-order chi connectivity index (χ1) is 10.9. The van der Waals surface area contributed by atoms with Gasteiger partial charge in [-0.25, -0.2) is 13.2 Å². The molecule has 126 valence electrons. The molecule has 2 aliphatic rings. The summed E-state index contributed by atoms with van der Waals surface area (Å²) in [5.41, 5.74) is 0.542. The Bertz CT molecular complexity index is 694. The summed E-state index contributed by atoms with van der Waals surface area (Å²) in [6.45, 7) is 2.65. The first-order valence-electron chi connectivity index (χ1n) is 7.70. The van der Waals surface area contributed by atoms with Crippen molar-refractivity contribution in [1.29, 1.82) is 0 Å². The van der Waals surface area contributed by atoms with Crippen LogP contribution in [0, 0.1) is 0 Å². The largest absolute Gasteiger partial charge is 0.389 e. The van der Waals surface area contributed by atoms with Crippen LogP contribution in [0.2, 0.25) is 0 Å². The topological polar surface area (TPSA) is 90.0 Å². The first kappa shape index (κ1) is 16.1. The molecule has 23 heavy (non-hydrogen) atoms. The van der Waals surface area contributed by atoms with Crippen molar-refractivity contribution in [1.82, 2.24) is 10.2 Å². The number of benzene rings is 1. The van der Waals surface area contributed by atoms with E-state index in [0.29, 0.717) is 18.8 Å². The molecule has 0 aliphatic carbocycles. The molecule has 2 N–H and O–H groups in total. The molecular weight excluding hydrogens is 318 g/mol. The standard InChI is InChI=1S/C15H21N3O4S/c1-2-16-14(20)17-9-8-15(11-17)13(19)10-18(23(15,21)22)12-6-4-3-5-7-12/h3-7,13,19H,2,8-11H2,1H3,(H,16,20)/t13-,15+/m0/s1. The maximum absolute atomic E-state index is 13.1. The zero-order chi connectivity index (χ0) is 16.7. The number of rotatable bonds is 2. The van der Waals surface area contributed by atoms with E-state index in [1.54, 1.807) is 24.3 Å². The second-order valence-electron chi connectivity index (χ2n) is 5.96. The maximum atomic E-state index is 13.1. The molecule has 8 heteroatoms. The minimum Gasteiger partial charge on any atom is -0.389 e. The number of aliphatic hydroxyl groups is 1. The third-order valence-corrected chi connectivity index (χ3v) is 7.25. The van der Waals surface area contributed by atoms with Crippen LogP contribution in [-0.2, 0) is 10.0 Å². The number of urea groups is 1. The van der Waals surface area contributed by atoms with Crippen molar-refractivity contribution in [3.63, 3.8) is 0 Å². The number of amides is 2. The number of carbonyl (C=O) groups excluding carboxylic acids is 1. The molecule has 2 heterocycles. The van der Waals surface area contributed by atoms with Crippen molar-refractivity contribution in [2.45, 2.75) is 24.2 Å². The van der Waals surface area contributed by atoms with Crippen molar-refractivity contribution in [2.75, 3.05) is 30.5 Å². The van der Waals surface area contributed by atoms with Crippen LogP contribution >= 0.6 is 0 Å². The molecule has 2 saturated heterocycles. The molecular formula is C15H21N3O4S. The van der Waals surface area contributed by atoms with Gasteiger partial charge < -0.3 is 15.3 Å². The summed E-state index contributed by atoms with van der Waals surface area (Å²) in [5, 5.41) is 13.2. The minimum absolute atomic E-state index is 0.0195. The molecule has 2 fully saturated rings. The average molecular weight is 339 g/mol. The van der Waals surface area contributed by atoms with Gasteiger partial charge in [0, 0.05) is 19.6 Å². The van der Waals surface area contributed by atoms with Crippen LogP contribution in [0.25, 0.3) is 0 Å². The zero-order valence-corrected chi connectivity index (χ0v) is 13.8. The maximum Gasteiger partial charge on any atom is 0.317 e. The monoisotopic (exact) mass is 339 g/mol.